The Kier molecular flexibility index (Phi) is 6.43. The van der Waals surface area contributed by atoms with Crippen molar-refractivity contribution in [1.82, 2.24) is 0 Å². The average Bonchev–Trinajstić information content (AvgIpc) is 3.25. The second-order valence-electron chi connectivity index (χ2n) is 9.04. The molecule has 0 unspecified atom stereocenters. The SMILES string of the molecule is N#C[C@@]1(S(=O)(=O)c2ccccc2)C(N)=C(S(=O)(=O)c2ccccc2)[C@H](c2ccccc2)[C@H]1c1ccccc1. The van der Waals surface area contributed by atoms with E-state index >= 15 is 0 Å². The van der Waals surface area contributed by atoms with Crippen molar-refractivity contribution >= 4 is 19.7 Å². The van der Waals surface area contributed by atoms with Crippen molar-refractivity contribution in [3.8, 4) is 6.07 Å². The summed E-state index contributed by atoms with van der Waals surface area (Å²) in [5.41, 5.74) is 7.22. The molecule has 0 fully saturated rings. The Morgan fingerprint density at radius 3 is 1.53 bits per heavy atom. The van der Waals surface area contributed by atoms with Crippen molar-refractivity contribution in [3.63, 3.8) is 0 Å². The van der Waals surface area contributed by atoms with Crippen LogP contribution >= 0.6 is 0 Å². The Morgan fingerprint density at radius 1 is 0.632 bits per heavy atom. The van der Waals surface area contributed by atoms with Crippen LogP contribution in [0.2, 0.25) is 0 Å². The van der Waals surface area contributed by atoms with Gasteiger partial charge >= 0.3 is 0 Å². The van der Waals surface area contributed by atoms with Gasteiger partial charge in [0.2, 0.25) is 24.4 Å². The van der Waals surface area contributed by atoms with Crippen molar-refractivity contribution in [3.05, 3.63) is 143 Å². The van der Waals surface area contributed by atoms with Crippen LogP contribution in [0.5, 0.6) is 0 Å². The maximum atomic E-state index is 14.4. The lowest BCUT2D eigenvalue weighted by Crippen LogP contribution is -2.45. The molecule has 0 saturated carbocycles. The van der Waals surface area contributed by atoms with Crippen LogP contribution in [0.25, 0.3) is 0 Å². The van der Waals surface area contributed by atoms with Crippen molar-refractivity contribution < 1.29 is 16.8 Å². The Morgan fingerprint density at radius 2 is 1.05 bits per heavy atom. The Balaban J connectivity index is 1.94. The largest absolute Gasteiger partial charge is 0.399 e. The fourth-order valence-electron chi connectivity index (χ4n) is 5.32. The molecule has 4 aromatic carbocycles. The second kappa shape index (κ2) is 9.60. The molecule has 2 N–H and O–H groups in total. The third-order valence-electron chi connectivity index (χ3n) is 7.02. The first kappa shape index (κ1) is 25.5. The highest BCUT2D eigenvalue weighted by Crippen LogP contribution is 2.59. The summed E-state index contributed by atoms with van der Waals surface area (Å²) in [6, 6.07) is 34.7. The third-order valence-corrected chi connectivity index (χ3v) is 11.3. The molecule has 1 aliphatic rings. The molecule has 0 bridgehead atoms. The van der Waals surface area contributed by atoms with Gasteiger partial charge in [0.25, 0.3) is 0 Å². The van der Waals surface area contributed by atoms with Crippen molar-refractivity contribution in [2.45, 2.75) is 26.4 Å². The van der Waals surface area contributed by atoms with Gasteiger partial charge in [-0.1, -0.05) is 97.1 Å². The molecule has 38 heavy (non-hydrogen) atoms. The van der Waals surface area contributed by atoms with Gasteiger partial charge in [-0.25, -0.2) is 16.8 Å². The van der Waals surface area contributed by atoms with E-state index in [2.05, 4.69) is 0 Å². The van der Waals surface area contributed by atoms with Gasteiger partial charge in [-0.2, -0.15) is 5.26 Å². The lowest BCUT2D eigenvalue weighted by molar-refractivity contribution is 0.527. The molecule has 3 atom stereocenters. The van der Waals surface area contributed by atoms with Crippen LogP contribution in [-0.2, 0) is 19.7 Å². The standard InChI is InChI=1S/C30H24N2O4S2/c31-21-30(38(35,36)25-19-11-4-12-20-25)27(23-15-7-2-8-16-23)26(22-13-5-1-6-14-22)28(29(30)32)37(33,34)24-17-9-3-10-18-24/h1-20,26-27H,32H2/t26-,27-,30+/m1/s1. The molecule has 0 spiro atoms. The Hall–Kier alpha value is -4.19. The fourth-order valence-corrected chi connectivity index (χ4v) is 9.23. The number of allylic oxidation sites excluding steroid dienone is 1. The number of benzene rings is 4. The maximum Gasteiger partial charge on any atom is 0.210 e. The predicted octanol–water partition coefficient (Wildman–Crippen LogP) is 4.95. The van der Waals surface area contributed by atoms with Crippen molar-refractivity contribution in [2.75, 3.05) is 0 Å². The van der Waals surface area contributed by atoms with Crippen LogP contribution in [0.15, 0.2) is 142 Å². The molecule has 5 rings (SSSR count). The van der Waals surface area contributed by atoms with Gasteiger partial charge in [0, 0.05) is 11.8 Å². The summed E-state index contributed by atoms with van der Waals surface area (Å²) in [6.45, 7) is 0. The Labute approximate surface area is 222 Å². The highest BCUT2D eigenvalue weighted by Gasteiger charge is 2.65. The molecule has 6 nitrogen and oxygen atoms in total. The summed E-state index contributed by atoms with van der Waals surface area (Å²) >= 11 is 0. The topological polar surface area (TPSA) is 118 Å². The number of rotatable bonds is 6. The molecule has 0 aliphatic heterocycles. The number of sulfone groups is 2. The minimum atomic E-state index is -4.52. The molecule has 190 valence electrons. The summed E-state index contributed by atoms with van der Waals surface area (Å²) in [7, 11) is -8.83. The molecule has 0 aromatic heterocycles. The van der Waals surface area contributed by atoms with E-state index in [9.17, 15) is 22.1 Å². The van der Waals surface area contributed by atoms with Gasteiger partial charge < -0.3 is 5.73 Å². The van der Waals surface area contributed by atoms with Gasteiger partial charge in [0.1, 0.15) is 0 Å². The van der Waals surface area contributed by atoms with Crippen LogP contribution < -0.4 is 5.73 Å². The molecular formula is C30H24N2O4S2. The zero-order chi connectivity index (χ0) is 27.0. The van der Waals surface area contributed by atoms with E-state index in [1.807, 2.05) is 6.07 Å². The molecule has 4 aromatic rings. The molecule has 0 heterocycles. The van der Waals surface area contributed by atoms with E-state index in [1.165, 1.54) is 24.3 Å². The van der Waals surface area contributed by atoms with Crippen LogP contribution in [0.4, 0.5) is 0 Å². The van der Waals surface area contributed by atoms with E-state index < -0.39 is 42.0 Å². The minimum absolute atomic E-state index is 0.0310. The summed E-state index contributed by atoms with van der Waals surface area (Å²) in [6.07, 6.45) is 0. The second-order valence-corrected chi connectivity index (χ2v) is 13.1. The number of nitriles is 1. The summed E-state index contributed by atoms with van der Waals surface area (Å²) in [5.74, 6) is -2.18. The van der Waals surface area contributed by atoms with E-state index in [4.69, 9.17) is 5.73 Å². The van der Waals surface area contributed by atoms with Gasteiger partial charge in [0.15, 0.2) is 0 Å². The number of hydrogen-bond donors (Lipinski definition) is 1. The van der Waals surface area contributed by atoms with E-state index in [0.717, 1.165) is 0 Å². The smallest absolute Gasteiger partial charge is 0.210 e. The fraction of sp³-hybridized carbons (Fsp3) is 0.100. The highest BCUT2D eigenvalue weighted by molar-refractivity contribution is 7.96. The maximum absolute atomic E-state index is 14.4. The third kappa shape index (κ3) is 3.74. The number of hydrogen-bond acceptors (Lipinski definition) is 6. The first-order valence-electron chi connectivity index (χ1n) is 11.9. The van der Waals surface area contributed by atoms with Gasteiger partial charge in [0.05, 0.1) is 26.5 Å². The van der Waals surface area contributed by atoms with Crippen LogP contribution in [0.1, 0.15) is 23.0 Å². The number of nitrogens with zero attached hydrogens (tertiary/aromatic N) is 1. The van der Waals surface area contributed by atoms with E-state index in [-0.39, 0.29) is 14.7 Å². The summed E-state index contributed by atoms with van der Waals surface area (Å²) in [4.78, 5) is -0.419. The summed E-state index contributed by atoms with van der Waals surface area (Å²) in [5, 5.41) is 10.8. The average molecular weight is 541 g/mol. The van der Waals surface area contributed by atoms with Crippen LogP contribution in [0, 0.1) is 11.3 Å². The molecule has 1 aliphatic carbocycles. The van der Waals surface area contributed by atoms with Gasteiger partial charge in [-0.15, -0.1) is 0 Å². The minimum Gasteiger partial charge on any atom is -0.399 e. The van der Waals surface area contributed by atoms with E-state index in [0.29, 0.717) is 11.1 Å². The zero-order valence-electron chi connectivity index (χ0n) is 20.2. The highest BCUT2D eigenvalue weighted by atomic mass is 32.2. The van der Waals surface area contributed by atoms with Gasteiger partial charge in [-0.05, 0) is 35.4 Å². The predicted molar refractivity (Wildman–Crippen MR) is 145 cm³/mol. The van der Waals surface area contributed by atoms with Gasteiger partial charge in [-0.3, -0.25) is 0 Å². The first-order chi connectivity index (χ1) is 18.3. The lowest BCUT2D eigenvalue weighted by atomic mass is 9.78. The zero-order valence-corrected chi connectivity index (χ0v) is 21.8. The Bertz CT molecular complexity index is 1750. The molecule has 0 amide bonds. The normalized spacial score (nSPS) is 21.7. The molecule has 0 saturated heterocycles. The lowest BCUT2D eigenvalue weighted by Gasteiger charge is -2.33. The van der Waals surface area contributed by atoms with Crippen LogP contribution in [0.3, 0.4) is 0 Å². The van der Waals surface area contributed by atoms with Crippen LogP contribution in [-0.4, -0.2) is 21.6 Å². The monoisotopic (exact) mass is 540 g/mol. The van der Waals surface area contributed by atoms with Crippen molar-refractivity contribution in [1.29, 1.82) is 5.26 Å². The van der Waals surface area contributed by atoms with E-state index in [1.54, 1.807) is 97.1 Å². The molecule has 0 radical (unpaired) electrons. The molecular weight excluding hydrogens is 516 g/mol. The first-order valence-corrected chi connectivity index (χ1v) is 14.8. The van der Waals surface area contributed by atoms with Crippen molar-refractivity contribution in [2.24, 2.45) is 5.73 Å². The molecule has 8 heteroatoms. The number of nitrogens with two attached hydrogens (primary N) is 1. The summed E-state index contributed by atoms with van der Waals surface area (Å²) < 4.78 is 54.9. The quantitative estimate of drug-likeness (QED) is 0.370.